The number of fused-ring (bicyclic) bond motifs is 2. The molecule has 41 heavy (non-hydrogen) atoms. The topological polar surface area (TPSA) is 95.9 Å². The molecular weight excluding hydrogens is 570 g/mol. The number of likely N-dealkylation sites (tertiary alicyclic amines) is 1. The van der Waals surface area contributed by atoms with E-state index in [1.54, 1.807) is 42.5 Å². The highest BCUT2D eigenvalue weighted by Crippen LogP contribution is 2.60. The van der Waals surface area contributed by atoms with Crippen LogP contribution in [0.1, 0.15) is 60.3 Å². The molecule has 3 aromatic rings. The van der Waals surface area contributed by atoms with Gasteiger partial charge in [-0.2, -0.15) is 0 Å². The van der Waals surface area contributed by atoms with Gasteiger partial charge in [0.15, 0.2) is 0 Å². The average molecular weight is 599 g/mol. The van der Waals surface area contributed by atoms with E-state index in [4.69, 9.17) is 33.0 Å². The Hall–Kier alpha value is -3.62. The molecule has 0 saturated carbocycles. The summed E-state index contributed by atoms with van der Waals surface area (Å²) in [5.41, 5.74) is 0.348. The van der Waals surface area contributed by atoms with Gasteiger partial charge in [-0.1, -0.05) is 74.3 Å². The number of ether oxygens (including phenoxy) is 1. The van der Waals surface area contributed by atoms with Crippen LogP contribution < -0.4 is 5.32 Å². The summed E-state index contributed by atoms with van der Waals surface area (Å²) in [7, 11) is 0. The SMILES string of the molecule is CC(C)(C)CC1CN(C(=O)OCc2ccc(C(=O)O)cc2)C(c2cccc(Cl)c2F)[C@]12C(=O)Nc1cc(Cl)ccc12. The van der Waals surface area contributed by atoms with Gasteiger partial charge < -0.3 is 15.2 Å². The van der Waals surface area contributed by atoms with Crippen molar-refractivity contribution < 1.29 is 28.6 Å². The van der Waals surface area contributed by atoms with Crippen LogP contribution in [0.4, 0.5) is 14.9 Å². The van der Waals surface area contributed by atoms with E-state index in [0.717, 1.165) is 0 Å². The third kappa shape index (κ3) is 5.15. The molecule has 2 aliphatic rings. The Kier molecular flexibility index (Phi) is 7.51. The first-order valence-corrected chi connectivity index (χ1v) is 13.9. The molecule has 1 spiro atoms. The van der Waals surface area contributed by atoms with Crippen LogP contribution >= 0.6 is 23.2 Å². The van der Waals surface area contributed by atoms with Crippen molar-refractivity contribution in [2.45, 2.75) is 45.3 Å². The molecule has 1 fully saturated rings. The number of benzene rings is 3. The van der Waals surface area contributed by atoms with Crippen molar-refractivity contribution in [3.8, 4) is 0 Å². The number of carbonyl (C=O) groups excluding carboxylic acids is 2. The second-order valence-electron chi connectivity index (χ2n) is 11.7. The number of carbonyl (C=O) groups is 3. The number of amides is 2. The molecule has 10 heteroatoms. The van der Waals surface area contributed by atoms with Gasteiger partial charge in [0.2, 0.25) is 5.91 Å². The minimum atomic E-state index is -1.35. The zero-order valence-electron chi connectivity index (χ0n) is 22.7. The predicted octanol–water partition coefficient (Wildman–Crippen LogP) is 7.47. The molecule has 3 aromatic carbocycles. The first kappa shape index (κ1) is 28.9. The summed E-state index contributed by atoms with van der Waals surface area (Å²) < 4.78 is 21.5. The van der Waals surface area contributed by atoms with E-state index >= 15 is 4.39 Å². The van der Waals surface area contributed by atoms with Crippen LogP contribution in [0.25, 0.3) is 0 Å². The summed E-state index contributed by atoms with van der Waals surface area (Å²) in [4.78, 5) is 40.5. The molecule has 2 amide bonds. The fraction of sp³-hybridized carbons (Fsp3) is 0.323. The molecule has 0 aromatic heterocycles. The van der Waals surface area contributed by atoms with Gasteiger partial charge >= 0.3 is 12.1 Å². The van der Waals surface area contributed by atoms with Crippen molar-refractivity contribution in [1.29, 1.82) is 0 Å². The van der Waals surface area contributed by atoms with Gasteiger partial charge in [-0.25, -0.2) is 14.0 Å². The summed E-state index contributed by atoms with van der Waals surface area (Å²) in [6.45, 7) is 6.13. The highest BCUT2D eigenvalue weighted by Gasteiger charge is 2.65. The smallest absolute Gasteiger partial charge is 0.410 e. The zero-order chi connectivity index (χ0) is 29.7. The van der Waals surface area contributed by atoms with Gasteiger partial charge in [0.1, 0.15) is 17.8 Å². The van der Waals surface area contributed by atoms with Crippen LogP contribution in [0.15, 0.2) is 60.7 Å². The number of hydrogen-bond acceptors (Lipinski definition) is 4. The Labute approximate surface area is 247 Å². The van der Waals surface area contributed by atoms with E-state index in [-0.39, 0.29) is 40.6 Å². The highest BCUT2D eigenvalue weighted by atomic mass is 35.5. The molecule has 7 nitrogen and oxygen atoms in total. The molecule has 214 valence electrons. The van der Waals surface area contributed by atoms with Crippen LogP contribution in [0, 0.1) is 17.2 Å². The van der Waals surface area contributed by atoms with E-state index in [2.05, 4.69) is 5.32 Å². The van der Waals surface area contributed by atoms with Crippen LogP contribution in [0.5, 0.6) is 0 Å². The second-order valence-corrected chi connectivity index (χ2v) is 12.6. The maximum absolute atomic E-state index is 15.8. The molecular formula is C31H29Cl2FN2O5. The molecule has 0 radical (unpaired) electrons. The number of nitrogens with one attached hydrogen (secondary N) is 1. The van der Waals surface area contributed by atoms with Crippen molar-refractivity contribution >= 4 is 46.9 Å². The average Bonchev–Trinajstić information content (AvgIpc) is 3.38. The van der Waals surface area contributed by atoms with Crippen LogP contribution in [-0.2, 0) is 21.6 Å². The second kappa shape index (κ2) is 10.7. The number of carboxylic acid groups (broad SMARTS) is 1. The maximum Gasteiger partial charge on any atom is 0.410 e. The Morgan fingerprint density at radius 3 is 2.49 bits per heavy atom. The van der Waals surface area contributed by atoms with E-state index in [1.807, 2.05) is 20.8 Å². The summed E-state index contributed by atoms with van der Waals surface area (Å²) in [5.74, 6) is -2.54. The highest BCUT2D eigenvalue weighted by molar-refractivity contribution is 6.31. The lowest BCUT2D eigenvalue weighted by atomic mass is 9.63. The number of halogens is 3. The molecule has 1 saturated heterocycles. The molecule has 2 heterocycles. The Balaban J connectivity index is 1.62. The lowest BCUT2D eigenvalue weighted by molar-refractivity contribution is -0.123. The van der Waals surface area contributed by atoms with Crippen molar-refractivity contribution in [3.05, 3.63) is 98.8 Å². The zero-order valence-corrected chi connectivity index (χ0v) is 24.2. The fourth-order valence-corrected chi connectivity index (χ4v) is 6.58. The van der Waals surface area contributed by atoms with Crippen molar-refractivity contribution in [2.75, 3.05) is 11.9 Å². The minimum absolute atomic E-state index is 0.106. The first-order valence-electron chi connectivity index (χ1n) is 13.1. The van der Waals surface area contributed by atoms with Gasteiger partial charge in [-0.3, -0.25) is 9.69 Å². The number of rotatable bonds is 5. The quantitative estimate of drug-likeness (QED) is 0.317. The number of hydrogen-bond donors (Lipinski definition) is 2. The first-order chi connectivity index (χ1) is 19.3. The number of nitrogens with zero attached hydrogens (tertiary/aromatic N) is 1. The van der Waals surface area contributed by atoms with E-state index in [0.29, 0.717) is 28.3 Å². The van der Waals surface area contributed by atoms with E-state index < -0.39 is 35.3 Å². The molecule has 5 rings (SSSR count). The van der Waals surface area contributed by atoms with E-state index in [1.165, 1.54) is 23.1 Å². The molecule has 2 N–H and O–H groups in total. The summed E-state index contributed by atoms with van der Waals surface area (Å²) in [6.07, 6.45) is -0.190. The summed E-state index contributed by atoms with van der Waals surface area (Å²) >= 11 is 12.5. The Bertz CT molecular complexity index is 1540. The third-order valence-corrected chi connectivity index (χ3v) is 8.31. The monoisotopic (exact) mass is 598 g/mol. The maximum atomic E-state index is 15.8. The number of anilines is 1. The van der Waals surface area contributed by atoms with Gasteiger partial charge in [-0.15, -0.1) is 0 Å². The molecule has 2 unspecified atom stereocenters. The van der Waals surface area contributed by atoms with Gasteiger partial charge in [0.25, 0.3) is 0 Å². The van der Waals surface area contributed by atoms with Gasteiger partial charge in [-0.05, 0) is 59.2 Å². The van der Waals surface area contributed by atoms with Crippen LogP contribution in [0.2, 0.25) is 10.0 Å². The van der Waals surface area contributed by atoms with Gasteiger partial charge in [0.05, 0.1) is 16.6 Å². The lowest BCUT2D eigenvalue weighted by Gasteiger charge is -2.38. The standard InChI is InChI=1S/C31H29Cl2FN2O5/c1-30(2,3)14-19-15-36(29(40)41-16-17-7-9-18(10-8-17)27(37)38)26(21-5-4-6-23(33)25(21)34)31(19)22-12-11-20(32)13-24(22)35-28(31)39/h4-13,19,26H,14-16H2,1-3H3,(H,35,39)(H,37,38)/t19?,26?,31-/m0/s1. The molecule has 3 atom stereocenters. The van der Waals surface area contributed by atoms with Crippen molar-refractivity contribution in [3.63, 3.8) is 0 Å². The Morgan fingerprint density at radius 1 is 1.12 bits per heavy atom. The third-order valence-electron chi connectivity index (χ3n) is 7.79. The fourth-order valence-electron chi connectivity index (χ4n) is 6.22. The largest absolute Gasteiger partial charge is 0.478 e. The van der Waals surface area contributed by atoms with Gasteiger partial charge in [0, 0.05) is 22.8 Å². The molecule has 2 aliphatic heterocycles. The van der Waals surface area contributed by atoms with Crippen molar-refractivity contribution in [2.24, 2.45) is 11.3 Å². The Morgan fingerprint density at radius 2 is 1.83 bits per heavy atom. The normalized spacial score (nSPS) is 21.6. The number of carboxylic acids is 1. The number of aromatic carboxylic acids is 1. The summed E-state index contributed by atoms with van der Waals surface area (Å²) in [6, 6.07) is 14.5. The lowest BCUT2D eigenvalue weighted by Crippen LogP contribution is -2.46. The predicted molar refractivity (Wildman–Crippen MR) is 154 cm³/mol. The van der Waals surface area contributed by atoms with Crippen molar-refractivity contribution in [1.82, 2.24) is 4.90 Å². The summed E-state index contributed by atoms with van der Waals surface area (Å²) in [5, 5.41) is 12.4. The van der Waals surface area contributed by atoms with E-state index in [9.17, 15) is 14.4 Å². The van der Waals surface area contributed by atoms with Crippen LogP contribution in [0.3, 0.4) is 0 Å². The van der Waals surface area contributed by atoms with Crippen LogP contribution in [-0.4, -0.2) is 34.5 Å². The molecule has 0 bridgehead atoms. The minimum Gasteiger partial charge on any atom is -0.478 e. The molecule has 0 aliphatic carbocycles.